The number of carbonyl (C=O) groups is 1. The van der Waals surface area contributed by atoms with Crippen LogP contribution in [0.25, 0.3) is 0 Å². The summed E-state index contributed by atoms with van der Waals surface area (Å²) in [4.78, 5) is 15.5. The lowest BCUT2D eigenvalue weighted by atomic mass is 9.92. The molecule has 2 atom stereocenters. The van der Waals surface area contributed by atoms with Crippen LogP contribution >= 0.6 is 11.6 Å². The highest BCUT2D eigenvalue weighted by Crippen LogP contribution is 2.42. The van der Waals surface area contributed by atoms with Crippen LogP contribution in [0, 0.1) is 0 Å². The highest BCUT2D eigenvalue weighted by atomic mass is 35.5. The van der Waals surface area contributed by atoms with Crippen molar-refractivity contribution in [2.45, 2.75) is 89.4 Å². The van der Waals surface area contributed by atoms with Crippen molar-refractivity contribution in [3.8, 4) is 5.75 Å². The average Bonchev–Trinajstić information content (AvgIpc) is 3.26. The summed E-state index contributed by atoms with van der Waals surface area (Å²) in [7, 11) is 0. The molecule has 2 aliphatic rings. The van der Waals surface area contributed by atoms with Gasteiger partial charge in [-0.25, -0.2) is 4.68 Å². The van der Waals surface area contributed by atoms with Crippen LogP contribution in [0.1, 0.15) is 72.0 Å². The Bertz CT molecular complexity index is 902. The van der Waals surface area contributed by atoms with Crippen molar-refractivity contribution in [1.29, 1.82) is 0 Å². The van der Waals surface area contributed by atoms with Crippen molar-refractivity contribution < 1.29 is 9.53 Å². The lowest BCUT2D eigenvalue weighted by molar-refractivity contribution is -0.150. The summed E-state index contributed by atoms with van der Waals surface area (Å²) in [6.45, 7) is 10.1. The van der Waals surface area contributed by atoms with Crippen LogP contribution in [0.3, 0.4) is 0 Å². The lowest BCUT2D eigenvalue weighted by Crippen LogP contribution is -2.55. The van der Waals surface area contributed by atoms with E-state index in [0.29, 0.717) is 10.8 Å². The third-order valence-electron chi connectivity index (χ3n) is 6.30. The van der Waals surface area contributed by atoms with Crippen LogP contribution in [-0.4, -0.2) is 43.5 Å². The Kier molecular flexibility index (Phi) is 5.33. The van der Waals surface area contributed by atoms with Gasteiger partial charge in [0.05, 0.1) is 11.7 Å². The van der Waals surface area contributed by atoms with E-state index in [-0.39, 0.29) is 29.4 Å². The second kappa shape index (κ2) is 7.56. The van der Waals surface area contributed by atoms with Crippen molar-refractivity contribution in [1.82, 2.24) is 19.9 Å². The quantitative estimate of drug-likeness (QED) is 0.700. The monoisotopic (exact) mass is 430 g/mol. The Morgan fingerprint density at radius 3 is 2.17 bits per heavy atom. The van der Waals surface area contributed by atoms with Gasteiger partial charge in [-0.3, -0.25) is 4.79 Å². The third-order valence-corrected chi connectivity index (χ3v) is 6.55. The van der Waals surface area contributed by atoms with Gasteiger partial charge < -0.3 is 9.64 Å². The van der Waals surface area contributed by atoms with Gasteiger partial charge in [0.1, 0.15) is 5.75 Å². The van der Waals surface area contributed by atoms with Gasteiger partial charge in [0, 0.05) is 28.7 Å². The zero-order valence-electron chi connectivity index (χ0n) is 18.4. The van der Waals surface area contributed by atoms with E-state index in [1.165, 1.54) is 0 Å². The fraction of sp³-hybridized carbons (Fsp3) is 0.609. The number of nitrogens with zero attached hydrogens (tertiary/aromatic N) is 4. The minimum Gasteiger partial charge on any atom is -0.478 e. The number of carbonyl (C=O) groups excluding carboxylic acids is 1. The predicted octanol–water partition coefficient (Wildman–Crippen LogP) is 4.78. The highest BCUT2D eigenvalue weighted by molar-refractivity contribution is 6.30. The van der Waals surface area contributed by atoms with Gasteiger partial charge in [0.2, 0.25) is 0 Å². The Morgan fingerprint density at radius 2 is 1.63 bits per heavy atom. The SMILES string of the molecule is CC(C)(Oc1ccc(Cl)cc1)C(=O)N1C2CCC1CC(n1cc(C(C)(C)C)nn1)C2. The van der Waals surface area contributed by atoms with E-state index in [0.717, 1.165) is 31.4 Å². The molecule has 0 saturated carbocycles. The maximum Gasteiger partial charge on any atom is 0.266 e. The number of amides is 1. The summed E-state index contributed by atoms with van der Waals surface area (Å²) in [6.07, 6.45) is 5.96. The molecule has 6 nitrogen and oxygen atoms in total. The van der Waals surface area contributed by atoms with Crippen molar-refractivity contribution >= 4 is 17.5 Å². The Morgan fingerprint density at radius 1 is 1.03 bits per heavy atom. The van der Waals surface area contributed by atoms with Crippen molar-refractivity contribution in [3.63, 3.8) is 0 Å². The number of rotatable bonds is 4. The molecule has 0 N–H and O–H groups in total. The van der Waals surface area contributed by atoms with Crippen LogP contribution in [0.4, 0.5) is 0 Å². The summed E-state index contributed by atoms with van der Waals surface area (Å²) in [5.74, 6) is 0.703. The second-order valence-electron chi connectivity index (χ2n) is 10.1. The summed E-state index contributed by atoms with van der Waals surface area (Å²) in [5, 5.41) is 9.44. The van der Waals surface area contributed by atoms with Crippen LogP contribution < -0.4 is 4.74 Å². The van der Waals surface area contributed by atoms with E-state index < -0.39 is 5.60 Å². The summed E-state index contributed by atoms with van der Waals surface area (Å²) >= 11 is 5.96. The number of hydrogen-bond acceptors (Lipinski definition) is 4. The molecule has 4 rings (SSSR count). The number of fused-ring (bicyclic) bond motifs is 2. The van der Waals surface area contributed by atoms with Gasteiger partial charge >= 0.3 is 0 Å². The molecule has 0 aliphatic carbocycles. The highest BCUT2D eigenvalue weighted by Gasteiger charge is 2.48. The molecule has 1 amide bonds. The average molecular weight is 431 g/mol. The smallest absolute Gasteiger partial charge is 0.266 e. The molecule has 0 radical (unpaired) electrons. The van der Waals surface area contributed by atoms with Gasteiger partial charge in [0.25, 0.3) is 5.91 Å². The van der Waals surface area contributed by atoms with E-state index in [2.05, 4.69) is 42.2 Å². The molecule has 7 heteroatoms. The fourth-order valence-electron chi connectivity index (χ4n) is 4.65. The molecule has 1 aromatic carbocycles. The first kappa shape index (κ1) is 21.2. The van der Waals surface area contributed by atoms with Gasteiger partial charge in [-0.1, -0.05) is 37.6 Å². The van der Waals surface area contributed by atoms with Crippen molar-refractivity contribution in [2.24, 2.45) is 0 Å². The fourth-order valence-corrected chi connectivity index (χ4v) is 4.77. The molecule has 2 bridgehead atoms. The largest absolute Gasteiger partial charge is 0.478 e. The first-order valence-corrected chi connectivity index (χ1v) is 11.1. The van der Waals surface area contributed by atoms with Crippen LogP contribution in [0.2, 0.25) is 5.02 Å². The molecular formula is C23H31ClN4O2. The predicted molar refractivity (Wildman–Crippen MR) is 117 cm³/mol. The molecule has 0 spiro atoms. The molecule has 2 aliphatic heterocycles. The van der Waals surface area contributed by atoms with E-state index in [1.807, 2.05) is 18.5 Å². The number of ether oxygens (including phenoxy) is 1. The van der Waals surface area contributed by atoms with Crippen molar-refractivity contribution in [3.05, 3.63) is 41.2 Å². The minimum atomic E-state index is -0.936. The Labute approximate surface area is 183 Å². The molecule has 1 aromatic heterocycles. The normalized spacial score (nSPS) is 24.2. The number of benzene rings is 1. The third kappa shape index (κ3) is 4.07. The van der Waals surface area contributed by atoms with E-state index in [4.69, 9.17) is 16.3 Å². The van der Waals surface area contributed by atoms with Crippen LogP contribution in [0.5, 0.6) is 5.75 Å². The molecule has 2 aromatic rings. The molecule has 2 saturated heterocycles. The first-order chi connectivity index (χ1) is 14.0. The number of aromatic nitrogens is 3. The summed E-state index contributed by atoms with van der Waals surface area (Å²) in [5.41, 5.74) is 0.0521. The Balaban J connectivity index is 1.47. The van der Waals surface area contributed by atoms with Crippen LogP contribution in [0.15, 0.2) is 30.5 Å². The van der Waals surface area contributed by atoms with Crippen LogP contribution in [-0.2, 0) is 10.2 Å². The molecule has 30 heavy (non-hydrogen) atoms. The minimum absolute atomic E-state index is 0.0169. The van der Waals surface area contributed by atoms with E-state index >= 15 is 0 Å². The number of halogens is 1. The molecule has 2 unspecified atom stereocenters. The van der Waals surface area contributed by atoms with Gasteiger partial charge in [-0.2, -0.15) is 0 Å². The number of piperidine rings is 1. The van der Waals surface area contributed by atoms with Gasteiger partial charge in [-0.05, 0) is 63.8 Å². The zero-order chi connectivity index (χ0) is 21.7. The molecule has 2 fully saturated rings. The van der Waals surface area contributed by atoms with Gasteiger partial charge in [0.15, 0.2) is 5.60 Å². The van der Waals surface area contributed by atoms with E-state index in [9.17, 15) is 4.79 Å². The Hall–Kier alpha value is -2.08. The standard InChI is InChI=1S/C23H31ClN4O2/c1-22(2,3)20-14-27(26-25-20)18-12-16-8-9-17(13-18)28(16)21(29)23(4,5)30-19-10-6-15(24)7-11-19/h6-7,10-11,14,16-18H,8-9,12-13H2,1-5H3. The lowest BCUT2D eigenvalue weighted by Gasteiger charge is -2.42. The second-order valence-corrected chi connectivity index (χ2v) is 10.6. The zero-order valence-corrected chi connectivity index (χ0v) is 19.2. The molecule has 162 valence electrons. The molecular weight excluding hydrogens is 400 g/mol. The number of hydrogen-bond donors (Lipinski definition) is 0. The topological polar surface area (TPSA) is 60.2 Å². The summed E-state index contributed by atoms with van der Waals surface area (Å²) < 4.78 is 8.09. The maximum atomic E-state index is 13.5. The van der Waals surface area contributed by atoms with E-state index in [1.54, 1.807) is 24.3 Å². The maximum absolute atomic E-state index is 13.5. The molecule has 3 heterocycles. The van der Waals surface area contributed by atoms with Crippen molar-refractivity contribution in [2.75, 3.05) is 0 Å². The summed E-state index contributed by atoms with van der Waals surface area (Å²) in [6, 6.07) is 7.88. The van der Waals surface area contributed by atoms with Gasteiger partial charge in [-0.15, -0.1) is 5.10 Å². The first-order valence-electron chi connectivity index (χ1n) is 10.7.